The Hall–Kier alpha value is -2.67. The van der Waals surface area contributed by atoms with E-state index in [4.69, 9.17) is 4.42 Å². The van der Waals surface area contributed by atoms with Gasteiger partial charge in [0.15, 0.2) is 0 Å². The molecule has 24 heavy (non-hydrogen) atoms. The van der Waals surface area contributed by atoms with Crippen LogP contribution in [-0.4, -0.2) is 26.8 Å². The van der Waals surface area contributed by atoms with Crippen LogP contribution in [0.4, 0.5) is 6.01 Å². The third kappa shape index (κ3) is 4.42. The zero-order valence-electron chi connectivity index (χ0n) is 13.1. The Labute approximate surface area is 143 Å². The number of pyridine rings is 1. The van der Waals surface area contributed by atoms with Gasteiger partial charge in [-0.25, -0.2) is 0 Å². The number of hydrogen-bond acceptors (Lipinski definition) is 6. The van der Waals surface area contributed by atoms with Gasteiger partial charge in [-0.1, -0.05) is 22.8 Å². The van der Waals surface area contributed by atoms with Gasteiger partial charge in [0.1, 0.15) is 0 Å². The molecule has 0 aliphatic rings. The molecular weight excluding hydrogens is 324 g/mol. The molecule has 0 fully saturated rings. The first-order valence-corrected chi connectivity index (χ1v) is 8.42. The molecule has 1 aromatic carbocycles. The zero-order chi connectivity index (χ0) is 16.8. The van der Waals surface area contributed by atoms with Crippen molar-refractivity contribution in [3.05, 3.63) is 54.4 Å². The highest BCUT2D eigenvalue weighted by Crippen LogP contribution is 2.20. The summed E-state index contributed by atoms with van der Waals surface area (Å²) in [6, 6.07) is 11.9. The summed E-state index contributed by atoms with van der Waals surface area (Å²) in [7, 11) is 0. The van der Waals surface area contributed by atoms with Crippen LogP contribution in [0.15, 0.2) is 58.1 Å². The van der Waals surface area contributed by atoms with E-state index in [-0.39, 0.29) is 11.9 Å². The van der Waals surface area contributed by atoms with Gasteiger partial charge in [-0.05, 0) is 31.2 Å². The number of hydrogen-bond donors (Lipinski definition) is 1. The smallest absolute Gasteiger partial charge is 0.322 e. The lowest BCUT2D eigenvalue weighted by Gasteiger charge is -2.02. The SMILES string of the molecule is Cc1ccc(SCCC(=O)Nc2nnc(-c3cccnc3)o2)cc1. The highest BCUT2D eigenvalue weighted by Gasteiger charge is 2.11. The Bertz CT molecular complexity index is 803. The normalized spacial score (nSPS) is 10.5. The molecule has 3 aromatic rings. The molecule has 0 aliphatic carbocycles. The molecule has 1 N–H and O–H groups in total. The van der Waals surface area contributed by atoms with Gasteiger partial charge in [0, 0.05) is 29.5 Å². The van der Waals surface area contributed by atoms with E-state index in [9.17, 15) is 4.79 Å². The monoisotopic (exact) mass is 340 g/mol. The van der Waals surface area contributed by atoms with Crippen molar-refractivity contribution in [1.29, 1.82) is 0 Å². The summed E-state index contributed by atoms with van der Waals surface area (Å²) in [6.07, 6.45) is 3.65. The minimum absolute atomic E-state index is 0.0965. The van der Waals surface area contributed by atoms with Crippen molar-refractivity contribution < 1.29 is 9.21 Å². The standard InChI is InChI=1S/C17H16N4O2S/c1-12-4-6-14(7-5-12)24-10-8-15(22)19-17-21-20-16(23-17)13-3-2-9-18-11-13/h2-7,9,11H,8,10H2,1H3,(H,19,21,22). The molecule has 2 heterocycles. The first-order valence-electron chi connectivity index (χ1n) is 7.44. The summed E-state index contributed by atoms with van der Waals surface area (Å²) >= 11 is 1.63. The summed E-state index contributed by atoms with van der Waals surface area (Å²) in [5.41, 5.74) is 1.93. The molecule has 0 aliphatic heterocycles. The van der Waals surface area contributed by atoms with Gasteiger partial charge in [-0.15, -0.1) is 16.9 Å². The van der Waals surface area contributed by atoms with E-state index in [1.165, 1.54) is 5.56 Å². The van der Waals surface area contributed by atoms with Crippen LogP contribution in [0.3, 0.4) is 0 Å². The van der Waals surface area contributed by atoms with Gasteiger partial charge in [0.25, 0.3) is 5.89 Å². The fourth-order valence-electron chi connectivity index (χ4n) is 1.96. The average Bonchev–Trinajstić information content (AvgIpc) is 3.06. The minimum Gasteiger partial charge on any atom is -0.403 e. The van der Waals surface area contributed by atoms with E-state index >= 15 is 0 Å². The molecule has 122 valence electrons. The highest BCUT2D eigenvalue weighted by atomic mass is 32.2. The van der Waals surface area contributed by atoms with Crippen molar-refractivity contribution in [2.45, 2.75) is 18.2 Å². The molecule has 0 radical (unpaired) electrons. The Balaban J connectivity index is 1.48. The molecule has 0 unspecified atom stereocenters. The quantitative estimate of drug-likeness (QED) is 0.691. The van der Waals surface area contributed by atoms with Crippen molar-refractivity contribution in [1.82, 2.24) is 15.2 Å². The summed E-state index contributed by atoms with van der Waals surface area (Å²) in [6.45, 7) is 2.05. The van der Waals surface area contributed by atoms with Crippen molar-refractivity contribution in [3.8, 4) is 11.5 Å². The molecule has 7 heteroatoms. The van der Waals surface area contributed by atoms with E-state index in [1.54, 1.807) is 30.2 Å². The molecule has 3 rings (SSSR count). The maximum Gasteiger partial charge on any atom is 0.322 e. The van der Waals surface area contributed by atoms with Crippen molar-refractivity contribution >= 4 is 23.7 Å². The number of rotatable bonds is 6. The zero-order valence-corrected chi connectivity index (χ0v) is 13.9. The van der Waals surface area contributed by atoms with E-state index in [2.05, 4.69) is 44.8 Å². The van der Waals surface area contributed by atoms with Crippen LogP contribution in [0.2, 0.25) is 0 Å². The van der Waals surface area contributed by atoms with Crippen molar-refractivity contribution in [3.63, 3.8) is 0 Å². The number of benzene rings is 1. The van der Waals surface area contributed by atoms with Gasteiger partial charge < -0.3 is 4.42 Å². The minimum atomic E-state index is -0.156. The number of carbonyl (C=O) groups excluding carboxylic acids is 1. The van der Waals surface area contributed by atoms with Crippen molar-refractivity contribution in [2.24, 2.45) is 0 Å². The number of anilines is 1. The van der Waals surface area contributed by atoms with Crippen LogP contribution < -0.4 is 5.32 Å². The first kappa shape index (κ1) is 16.2. The van der Waals surface area contributed by atoms with E-state index in [1.807, 2.05) is 13.0 Å². The van der Waals surface area contributed by atoms with Crippen LogP contribution in [0.25, 0.3) is 11.5 Å². The number of aryl methyl sites for hydroxylation is 1. The van der Waals surface area contributed by atoms with Gasteiger partial charge in [0.2, 0.25) is 5.91 Å². The Kier molecular flexibility index (Phi) is 5.22. The van der Waals surface area contributed by atoms with Gasteiger partial charge in [0.05, 0.1) is 5.56 Å². The van der Waals surface area contributed by atoms with Crippen molar-refractivity contribution in [2.75, 3.05) is 11.1 Å². The summed E-state index contributed by atoms with van der Waals surface area (Å²) < 4.78 is 5.42. The van der Waals surface area contributed by atoms with E-state index < -0.39 is 0 Å². The summed E-state index contributed by atoms with van der Waals surface area (Å²) in [5, 5.41) is 10.3. The molecule has 0 bridgehead atoms. The van der Waals surface area contributed by atoms with Gasteiger partial charge in [-0.3, -0.25) is 15.1 Å². The third-order valence-electron chi connectivity index (χ3n) is 3.20. The number of nitrogens with one attached hydrogen (secondary N) is 1. The largest absolute Gasteiger partial charge is 0.403 e. The fraction of sp³-hybridized carbons (Fsp3) is 0.176. The van der Waals surface area contributed by atoms with E-state index in [0.717, 1.165) is 4.90 Å². The highest BCUT2D eigenvalue weighted by molar-refractivity contribution is 7.99. The molecule has 0 spiro atoms. The maximum absolute atomic E-state index is 11.9. The Morgan fingerprint density at radius 3 is 2.79 bits per heavy atom. The molecule has 0 saturated heterocycles. The summed E-state index contributed by atoms with van der Waals surface area (Å²) in [4.78, 5) is 17.1. The lowest BCUT2D eigenvalue weighted by atomic mass is 10.2. The number of aromatic nitrogens is 3. The lowest BCUT2D eigenvalue weighted by molar-refractivity contribution is -0.115. The van der Waals surface area contributed by atoms with Gasteiger partial charge >= 0.3 is 6.01 Å². The molecule has 2 aromatic heterocycles. The predicted molar refractivity (Wildman–Crippen MR) is 92.7 cm³/mol. The summed E-state index contributed by atoms with van der Waals surface area (Å²) in [5.74, 6) is 0.849. The number of amides is 1. The first-order chi connectivity index (χ1) is 11.7. The second-order valence-electron chi connectivity index (χ2n) is 5.11. The third-order valence-corrected chi connectivity index (χ3v) is 4.21. The Morgan fingerprint density at radius 2 is 2.04 bits per heavy atom. The molecule has 1 amide bonds. The topological polar surface area (TPSA) is 80.9 Å². The number of nitrogens with zero attached hydrogens (tertiary/aromatic N) is 3. The average molecular weight is 340 g/mol. The van der Waals surface area contributed by atoms with Crippen LogP contribution in [0.1, 0.15) is 12.0 Å². The maximum atomic E-state index is 11.9. The predicted octanol–water partition coefficient (Wildman–Crippen LogP) is 3.56. The van der Waals surface area contributed by atoms with Crippen LogP contribution in [0.5, 0.6) is 0 Å². The molecule has 0 saturated carbocycles. The molecule has 0 atom stereocenters. The van der Waals surface area contributed by atoms with Crippen LogP contribution >= 0.6 is 11.8 Å². The Morgan fingerprint density at radius 1 is 1.21 bits per heavy atom. The second-order valence-corrected chi connectivity index (χ2v) is 6.28. The number of carbonyl (C=O) groups is 1. The lowest BCUT2D eigenvalue weighted by Crippen LogP contribution is -2.12. The van der Waals surface area contributed by atoms with Crippen LogP contribution in [-0.2, 0) is 4.79 Å². The molecule has 6 nitrogen and oxygen atoms in total. The second kappa shape index (κ2) is 7.74. The van der Waals surface area contributed by atoms with Gasteiger partial charge in [-0.2, -0.15) is 0 Å². The molecular formula is C17H16N4O2S. The fourth-order valence-corrected chi connectivity index (χ4v) is 2.81. The van der Waals surface area contributed by atoms with Crippen LogP contribution in [0, 0.1) is 6.92 Å². The van der Waals surface area contributed by atoms with E-state index in [0.29, 0.717) is 23.6 Å². The number of thioether (sulfide) groups is 1.